The molecule has 0 amide bonds. The SMILES string of the molecule is CCOC(=O)C1(Cc2cc(-c3cccc(C)c3)no2)CCCN(Cc2cncn2C)C1. The van der Waals surface area contributed by atoms with Crippen LogP contribution >= 0.6 is 0 Å². The van der Waals surface area contributed by atoms with E-state index in [0.29, 0.717) is 25.3 Å². The molecule has 1 fully saturated rings. The van der Waals surface area contributed by atoms with Crippen LogP contribution in [0.25, 0.3) is 11.3 Å². The van der Waals surface area contributed by atoms with Crippen molar-refractivity contribution in [2.45, 2.75) is 39.7 Å². The largest absolute Gasteiger partial charge is 0.466 e. The number of aromatic nitrogens is 3. The average Bonchev–Trinajstić information content (AvgIpc) is 3.38. The van der Waals surface area contributed by atoms with Crippen LogP contribution in [0.1, 0.15) is 36.8 Å². The van der Waals surface area contributed by atoms with Gasteiger partial charge in [-0.3, -0.25) is 9.69 Å². The molecule has 1 aromatic carbocycles. The maximum absolute atomic E-state index is 13.1. The first-order chi connectivity index (χ1) is 15.0. The summed E-state index contributed by atoms with van der Waals surface area (Å²) in [6.07, 6.45) is 5.86. The summed E-state index contributed by atoms with van der Waals surface area (Å²) in [7, 11) is 1.99. The molecule has 164 valence electrons. The standard InChI is InChI=1S/C24H30N4O3/c1-4-30-23(29)24(9-6-10-28(16-24)15-20-14-25-17-27(20)3)13-21-12-22(26-31-21)19-8-5-7-18(2)11-19/h5,7-8,11-12,14,17H,4,6,9-10,13,15-16H2,1-3H3. The molecular formula is C24H30N4O3. The molecule has 1 unspecified atom stereocenters. The fourth-order valence-electron chi connectivity index (χ4n) is 4.47. The number of likely N-dealkylation sites (tertiary alicyclic amines) is 1. The lowest BCUT2D eigenvalue weighted by Crippen LogP contribution is -2.49. The van der Waals surface area contributed by atoms with E-state index < -0.39 is 5.41 Å². The molecule has 0 N–H and O–H groups in total. The minimum Gasteiger partial charge on any atom is -0.466 e. The number of ether oxygens (including phenoxy) is 1. The number of carbonyl (C=O) groups excluding carboxylic acids is 1. The van der Waals surface area contributed by atoms with Crippen LogP contribution in [0.15, 0.2) is 47.4 Å². The molecule has 1 aliphatic heterocycles. The molecule has 0 spiro atoms. The van der Waals surface area contributed by atoms with E-state index in [1.54, 1.807) is 6.33 Å². The van der Waals surface area contributed by atoms with Crippen molar-refractivity contribution in [2.75, 3.05) is 19.7 Å². The van der Waals surface area contributed by atoms with Crippen LogP contribution in [-0.2, 0) is 29.5 Å². The molecule has 0 radical (unpaired) electrons. The fraction of sp³-hybridized carbons (Fsp3) is 0.458. The minimum absolute atomic E-state index is 0.154. The summed E-state index contributed by atoms with van der Waals surface area (Å²) >= 11 is 0. The number of hydrogen-bond acceptors (Lipinski definition) is 6. The van der Waals surface area contributed by atoms with Crippen LogP contribution < -0.4 is 0 Å². The third kappa shape index (κ3) is 4.71. The predicted octanol–water partition coefficient (Wildman–Crippen LogP) is 3.77. The molecule has 1 saturated heterocycles. The summed E-state index contributed by atoms with van der Waals surface area (Å²) in [6.45, 7) is 6.59. The Morgan fingerprint density at radius 2 is 2.19 bits per heavy atom. The first-order valence-electron chi connectivity index (χ1n) is 10.9. The topological polar surface area (TPSA) is 73.4 Å². The van der Waals surface area contributed by atoms with Gasteiger partial charge in [0.15, 0.2) is 0 Å². The fourth-order valence-corrected chi connectivity index (χ4v) is 4.47. The Balaban J connectivity index is 1.56. The zero-order chi connectivity index (χ0) is 21.8. The maximum atomic E-state index is 13.1. The van der Waals surface area contributed by atoms with Crippen molar-refractivity contribution in [3.63, 3.8) is 0 Å². The van der Waals surface area contributed by atoms with Gasteiger partial charge >= 0.3 is 5.97 Å². The zero-order valence-corrected chi connectivity index (χ0v) is 18.5. The number of imidazole rings is 1. The lowest BCUT2D eigenvalue weighted by molar-refractivity contribution is -0.159. The highest BCUT2D eigenvalue weighted by Gasteiger charge is 2.44. The summed E-state index contributed by atoms with van der Waals surface area (Å²) in [5.41, 5.74) is 3.46. The summed E-state index contributed by atoms with van der Waals surface area (Å²) in [4.78, 5) is 19.7. The molecule has 31 heavy (non-hydrogen) atoms. The van der Waals surface area contributed by atoms with E-state index in [-0.39, 0.29) is 5.97 Å². The molecule has 1 aliphatic rings. The molecule has 0 saturated carbocycles. The number of benzene rings is 1. The van der Waals surface area contributed by atoms with Crippen LogP contribution in [0.2, 0.25) is 0 Å². The van der Waals surface area contributed by atoms with Gasteiger partial charge in [-0.05, 0) is 39.3 Å². The monoisotopic (exact) mass is 422 g/mol. The molecule has 4 rings (SSSR count). The summed E-state index contributed by atoms with van der Waals surface area (Å²) in [5.74, 6) is 0.560. The Labute approximate surface area is 183 Å². The smallest absolute Gasteiger partial charge is 0.313 e. The normalized spacial score (nSPS) is 19.5. The van der Waals surface area contributed by atoms with Crippen molar-refractivity contribution in [1.82, 2.24) is 19.6 Å². The molecule has 7 heteroatoms. The van der Waals surface area contributed by atoms with E-state index in [1.165, 1.54) is 5.56 Å². The number of piperidine rings is 1. The number of carbonyl (C=O) groups is 1. The second-order valence-corrected chi connectivity index (χ2v) is 8.54. The Morgan fingerprint density at radius 3 is 2.94 bits per heavy atom. The van der Waals surface area contributed by atoms with Crippen molar-refractivity contribution in [2.24, 2.45) is 12.5 Å². The Kier molecular flexibility index (Phi) is 6.23. The van der Waals surface area contributed by atoms with Crippen LogP contribution in [0.5, 0.6) is 0 Å². The lowest BCUT2D eigenvalue weighted by Gasteiger charge is -2.40. The van der Waals surface area contributed by atoms with Gasteiger partial charge in [0.2, 0.25) is 0 Å². The highest BCUT2D eigenvalue weighted by atomic mass is 16.5. The molecular weight excluding hydrogens is 392 g/mol. The van der Waals surface area contributed by atoms with Crippen molar-refractivity contribution in [3.05, 3.63) is 59.9 Å². The predicted molar refractivity (Wildman–Crippen MR) is 117 cm³/mol. The van der Waals surface area contributed by atoms with Crippen molar-refractivity contribution >= 4 is 5.97 Å². The van der Waals surface area contributed by atoms with Gasteiger partial charge in [0.1, 0.15) is 11.5 Å². The quantitative estimate of drug-likeness (QED) is 0.540. The molecule has 0 bridgehead atoms. The lowest BCUT2D eigenvalue weighted by atomic mass is 9.76. The summed E-state index contributed by atoms with van der Waals surface area (Å²) in [5, 5.41) is 4.27. The van der Waals surface area contributed by atoms with Crippen LogP contribution in [0.3, 0.4) is 0 Å². The molecule has 1 atom stereocenters. The van der Waals surface area contributed by atoms with E-state index in [1.807, 2.05) is 42.9 Å². The van der Waals surface area contributed by atoms with Gasteiger partial charge in [-0.25, -0.2) is 4.98 Å². The second-order valence-electron chi connectivity index (χ2n) is 8.54. The van der Waals surface area contributed by atoms with Crippen LogP contribution in [-0.4, -0.2) is 45.3 Å². The molecule has 0 aliphatic carbocycles. The number of nitrogens with zero attached hydrogens (tertiary/aromatic N) is 4. The van der Waals surface area contributed by atoms with Gasteiger partial charge in [0.05, 0.1) is 24.0 Å². The van der Waals surface area contributed by atoms with Crippen molar-refractivity contribution in [3.8, 4) is 11.3 Å². The van der Waals surface area contributed by atoms with Crippen LogP contribution in [0.4, 0.5) is 0 Å². The molecule has 2 aromatic heterocycles. The first-order valence-corrected chi connectivity index (χ1v) is 10.9. The van der Waals surface area contributed by atoms with Crippen LogP contribution in [0, 0.1) is 12.3 Å². The molecule has 7 nitrogen and oxygen atoms in total. The van der Waals surface area contributed by atoms with E-state index in [2.05, 4.69) is 34.1 Å². The van der Waals surface area contributed by atoms with Gasteiger partial charge in [0, 0.05) is 44.4 Å². The van der Waals surface area contributed by atoms with E-state index >= 15 is 0 Å². The average molecular weight is 423 g/mol. The minimum atomic E-state index is -0.643. The van der Waals surface area contributed by atoms with E-state index in [4.69, 9.17) is 9.26 Å². The Morgan fingerprint density at radius 1 is 1.32 bits per heavy atom. The maximum Gasteiger partial charge on any atom is 0.313 e. The van der Waals surface area contributed by atoms with Gasteiger partial charge in [-0.1, -0.05) is 28.9 Å². The van der Waals surface area contributed by atoms with Crippen molar-refractivity contribution in [1.29, 1.82) is 0 Å². The second kappa shape index (κ2) is 9.06. The Bertz CT molecular complexity index is 1040. The van der Waals surface area contributed by atoms with Crippen molar-refractivity contribution < 1.29 is 14.1 Å². The molecule has 3 heterocycles. The summed E-state index contributed by atoms with van der Waals surface area (Å²) in [6, 6.07) is 10.1. The highest BCUT2D eigenvalue weighted by Crippen LogP contribution is 2.36. The summed E-state index contributed by atoms with van der Waals surface area (Å²) < 4.78 is 13.2. The zero-order valence-electron chi connectivity index (χ0n) is 18.5. The Hall–Kier alpha value is -2.93. The van der Waals surface area contributed by atoms with E-state index in [9.17, 15) is 4.79 Å². The number of aryl methyl sites for hydroxylation is 2. The number of hydrogen-bond donors (Lipinski definition) is 0. The van der Waals surface area contributed by atoms with Gasteiger partial charge in [-0.2, -0.15) is 0 Å². The third-order valence-electron chi connectivity index (χ3n) is 6.05. The third-order valence-corrected chi connectivity index (χ3v) is 6.05. The first kappa shape index (κ1) is 21.3. The van der Waals surface area contributed by atoms with Gasteiger partial charge in [0.25, 0.3) is 0 Å². The highest BCUT2D eigenvalue weighted by molar-refractivity contribution is 5.77. The van der Waals surface area contributed by atoms with Gasteiger partial charge < -0.3 is 13.8 Å². The molecule has 3 aromatic rings. The number of rotatable bonds is 7. The number of esters is 1. The van der Waals surface area contributed by atoms with Gasteiger partial charge in [-0.15, -0.1) is 0 Å². The van der Waals surface area contributed by atoms with E-state index in [0.717, 1.165) is 42.9 Å².